The van der Waals surface area contributed by atoms with E-state index in [4.69, 9.17) is 4.74 Å². The van der Waals surface area contributed by atoms with E-state index < -0.39 is 0 Å². The quantitative estimate of drug-likeness (QED) is 0.928. The zero-order valence-electron chi connectivity index (χ0n) is 14.0. The van der Waals surface area contributed by atoms with E-state index in [-0.39, 0.29) is 6.03 Å². The van der Waals surface area contributed by atoms with Crippen LogP contribution in [0.5, 0.6) is 0 Å². The van der Waals surface area contributed by atoms with Gasteiger partial charge in [0, 0.05) is 37.9 Å². The maximum atomic E-state index is 12.4. The van der Waals surface area contributed by atoms with Gasteiger partial charge >= 0.3 is 6.03 Å². The number of ether oxygens (including phenoxy) is 1. The monoisotopic (exact) mass is 317 g/mol. The van der Waals surface area contributed by atoms with Crippen molar-refractivity contribution in [2.75, 3.05) is 32.8 Å². The second kappa shape index (κ2) is 7.77. The van der Waals surface area contributed by atoms with E-state index in [2.05, 4.69) is 17.2 Å². The zero-order chi connectivity index (χ0) is 16.1. The van der Waals surface area contributed by atoms with Gasteiger partial charge in [-0.2, -0.15) is 0 Å². The third kappa shape index (κ3) is 4.22. The molecule has 1 aromatic heterocycles. The molecule has 1 saturated carbocycles. The minimum Gasteiger partial charge on any atom is -0.379 e. The molecule has 1 aliphatic carbocycles. The number of hydrogen-bond acceptors (Lipinski definition) is 3. The van der Waals surface area contributed by atoms with Crippen molar-refractivity contribution < 1.29 is 9.53 Å². The van der Waals surface area contributed by atoms with Crippen LogP contribution in [-0.2, 0) is 11.2 Å². The summed E-state index contributed by atoms with van der Waals surface area (Å²) in [7, 11) is 0. The van der Waals surface area contributed by atoms with Crippen LogP contribution >= 0.6 is 0 Å². The highest BCUT2D eigenvalue weighted by atomic mass is 16.5. The number of aromatic nitrogens is 1. The SMILES string of the molecule is Cc1cnccc1CCNC(=O)N1CCOC[C@@H](C2CCC2)C1. The molecule has 0 unspecified atom stereocenters. The Bertz CT molecular complexity index is 531. The van der Waals surface area contributed by atoms with Crippen molar-refractivity contribution in [2.24, 2.45) is 11.8 Å². The Labute approximate surface area is 138 Å². The van der Waals surface area contributed by atoms with Crippen LogP contribution in [-0.4, -0.2) is 48.8 Å². The molecule has 2 fully saturated rings. The molecule has 0 spiro atoms. The highest BCUT2D eigenvalue weighted by molar-refractivity contribution is 5.74. The van der Waals surface area contributed by atoms with Crippen molar-refractivity contribution in [3.05, 3.63) is 29.6 Å². The molecule has 126 valence electrons. The topological polar surface area (TPSA) is 54.5 Å². The first-order valence-corrected chi connectivity index (χ1v) is 8.74. The van der Waals surface area contributed by atoms with Crippen LogP contribution in [0.1, 0.15) is 30.4 Å². The molecule has 2 aliphatic rings. The van der Waals surface area contributed by atoms with Crippen LogP contribution in [0.3, 0.4) is 0 Å². The highest BCUT2D eigenvalue weighted by Gasteiger charge is 2.31. The second-order valence-corrected chi connectivity index (χ2v) is 6.76. The molecular weight excluding hydrogens is 290 g/mol. The smallest absolute Gasteiger partial charge is 0.317 e. The molecule has 2 amide bonds. The van der Waals surface area contributed by atoms with E-state index in [1.165, 1.54) is 30.4 Å². The second-order valence-electron chi connectivity index (χ2n) is 6.76. The maximum Gasteiger partial charge on any atom is 0.317 e. The summed E-state index contributed by atoms with van der Waals surface area (Å²) in [5, 5.41) is 3.06. The van der Waals surface area contributed by atoms with E-state index in [0.717, 1.165) is 25.5 Å². The van der Waals surface area contributed by atoms with Crippen molar-refractivity contribution in [3.63, 3.8) is 0 Å². The van der Waals surface area contributed by atoms with Crippen LogP contribution in [0.25, 0.3) is 0 Å². The van der Waals surface area contributed by atoms with Crippen LogP contribution in [0, 0.1) is 18.8 Å². The van der Waals surface area contributed by atoms with Gasteiger partial charge in [0.2, 0.25) is 0 Å². The van der Waals surface area contributed by atoms with Crippen molar-refractivity contribution in [1.82, 2.24) is 15.2 Å². The summed E-state index contributed by atoms with van der Waals surface area (Å²) < 4.78 is 5.71. The summed E-state index contributed by atoms with van der Waals surface area (Å²) in [5.41, 5.74) is 2.42. The predicted octanol–water partition coefficient (Wildman–Crippen LogP) is 2.39. The number of rotatable bonds is 4. The van der Waals surface area contributed by atoms with Crippen molar-refractivity contribution in [1.29, 1.82) is 0 Å². The van der Waals surface area contributed by atoms with Crippen molar-refractivity contribution >= 4 is 6.03 Å². The molecule has 1 saturated heterocycles. The number of pyridine rings is 1. The number of carbonyl (C=O) groups is 1. The van der Waals surface area contributed by atoms with Gasteiger partial charge in [-0.3, -0.25) is 4.98 Å². The fraction of sp³-hybridized carbons (Fsp3) is 0.667. The molecule has 23 heavy (non-hydrogen) atoms. The molecule has 0 bridgehead atoms. The fourth-order valence-electron chi connectivity index (χ4n) is 3.42. The summed E-state index contributed by atoms with van der Waals surface area (Å²) >= 11 is 0. The largest absolute Gasteiger partial charge is 0.379 e. The predicted molar refractivity (Wildman–Crippen MR) is 89.3 cm³/mol. The number of nitrogens with zero attached hydrogens (tertiary/aromatic N) is 2. The highest BCUT2D eigenvalue weighted by Crippen LogP contribution is 2.34. The van der Waals surface area contributed by atoms with Crippen molar-refractivity contribution in [3.8, 4) is 0 Å². The molecule has 3 rings (SSSR count). The third-order valence-corrected chi connectivity index (χ3v) is 5.20. The van der Waals surface area contributed by atoms with Gasteiger partial charge in [0.25, 0.3) is 0 Å². The van der Waals surface area contributed by atoms with Gasteiger partial charge in [0.15, 0.2) is 0 Å². The fourth-order valence-corrected chi connectivity index (χ4v) is 3.42. The van der Waals surface area contributed by atoms with Gasteiger partial charge in [0.05, 0.1) is 13.2 Å². The minimum absolute atomic E-state index is 0.0477. The molecule has 5 nitrogen and oxygen atoms in total. The number of urea groups is 1. The normalized spacial score (nSPS) is 22.3. The molecular formula is C18H27N3O2. The van der Waals surface area contributed by atoms with E-state index in [1.807, 2.05) is 17.2 Å². The van der Waals surface area contributed by atoms with Crippen LogP contribution in [0.2, 0.25) is 0 Å². The van der Waals surface area contributed by atoms with Gasteiger partial charge in [-0.05, 0) is 36.5 Å². The van der Waals surface area contributed by atoms with Crippen LogP contribution in [0.4, 0.5) is 4.79 Å². The Balaban J connectivity index is 1.47. The molecule has 0 aromatic carbocycles. The molecule has 1 aliphatic heterocycles. The Morgan fingerprint density at radius 3 is 3.04 bits per heavy atom. The Morgan fingerprint density at radius 2 is 2.30 bits per heavy atom. The number of aryl methyl sites for hydroxylation is 1. The Hall–Kier alpha value is -1.62. The molecule has 2 heterocycles. The van der Waals surface area contributed by atoms with Crippen LogP contribution in [0.15, 0.2) is 18.5 Å². The summed E-state index contributed by atoms with van der Waals surface area (Å²) in [6.45, 7) is 5.72. The third-order valence-electron chi connectivity index (χ3n) is 5.20. The summed E-state index contributed by atoms with van der Waals surface area (Å²) in [5.74, 6) is 1.27. The minimum atomic E-state index is 0.0477. The molecule has 1 atom stereocenters. The van der Waals surface area contributed by atoms with Gasteiger partial charge in [-0.15, -0.1) is 0 Å². The lowest BCUT2D eigenvalue weighted by molar-refractivity contribution is 0.0775. The first-order chi connectivity index (χ1) is 11.2. The standard InChI is InChI=1S/C18H27N3O2/c1-14-11-19-7-5-15(14)6-8-20-18(22)21-9-10-23-13-17(12-21)16-3-2-4-16/h5,7,11,16-17H,2-4,6,8-10,12-13H2,1H3,(H,20,22)/t17-/m0/s1. The van der Waals surface area contributed by atoms with E-state index >= 15 is 0 Å². The lowest BCUT2D eigenvalue weighted by Gasteiger charge is -2.34. The van der Waals surface area contributed by atoms with E-state index in [9.17, 15) is 4.79 Å². The van der Waals surface area contributed by atoms with E-state index in [1.54, 1.807) is 6.20 Å². The molecule has 1 N–H and O–H groups in total. The summed E-state index contributed by atoms with van der Waals surface area (Å²) in [6.07, 6.45) is 8.44. The lowest BCUT2D eigenvalue weighted by Crippen LogP contribution is -2.45. The van der Waals surface area contributed by atoms with E-state index in [0.29, 0.717) is 25.6 Å². The van der Waals surface area contributed by atoms with Gasteiger partial charge in [0.1, 0.15) is 0 Å². The summed E-state index contributed by atoms with van der Waals surface area (Å²) in [6, 6.07) is 2.07. The average Bonchev–Trinajstić information content (AvgIpc) is 2.73. The Morgan fingerprint density at radius 1 is 1.43 bits per heavy atom. The number of amides is 2. The number of hydrogen-bond donors (Lipinski definition) is 1. The van der Waals surface area contributed by atoms with Gasteiger partial charge in [-0.25, -0.2) is 4.79 Å². The summed E-state index contributed by atoms with van der Waals surface area (Å²) in [4.78, 5) is 18.5. The van der Waals surface area contributed by atoms with Gasteiger partial charge in [-0.1, -0.05) is 19.3 Å². The Kier molecular flexibility index (Phi) is 5.49. The van der Waals surface area contributed by atoms with Crippen LogP contribution < -0.4 is 5.32 Å². The van der Waals surface area contributed by atoms with Gasteiger partial charge < -0.3 is 15.0 Å². The average molecular weight is 317 g/mol. The van der Waals surface area contributed by atoms with Crippen molar-refractivity contribution in [2.45, 2.75) is 32.6 Å². The maximum absolute atomic E-state index is 12.4. The molecule has 5 heteroatoms. The lowest BCUT2D eigenvalue weighted by atomic mass is 9.76. The first kappa shape index (κ1) is 16.2. The molecule has 0 radical (unpaired) electrons. The molecule has 1 aromatic rings. The first-order valence-electron chi connectivity index (χ1n) is 8.74. The zero-order valence-corrected chi connectivity index (χ0v) is 14.0. The number of nitrogens with one attached hydrogen (secondary N) is 1. The number of carbonyl (C=O) groups excluding carboxylic acids is 1.